The molecule has 1 atom stereocenters. The van der Waals surface area contributed by atoms with Crippen molar-refractivity contribution in [3.63, 3.8) is 0 Å². The molecule has 3 aromatic rings. The molecule has 7 nitrogen and oxygen atoms in total. The van der Waals surface area contributed by atoms with Crippen LogP contribution in [0, 0.1) is 12.8 Å². The molecule has 2 aromatic heterocycles. The van der Waals surface area contributed by atoms with E-state index in [9.17, 15) is 4.79 Å². The fourth-order valence-corrected chi connectivity index (χ4v) is 3.29. The van der Waals surface area contributed by atoms with E-state index >= 15 is 0 Å². The summed E-state index contributed by atoms with van der Waals surface area (Å²) < 4.78 is 6.83. The number of carbonyl (C=O) groups is 1. The molecule has 140 valence electrons. The Hall–Kier alpha value is -2.96. The summed E-state index contributed by atoms with van der Waals surface area (Å²) in [5.41, 5.74) is 1.94. The highest BCUT2D eigenvalue weighted by Gasteiger charge is 2.36. The van der Waals surface area contributed by atoms with E-state index in [2.05, 4.69) is 22.0 Å². The molecule has 0 saturated heterocycles. The van der Waals surface area contributed by atoms with Crippen LogP contribution in [0.15, 0.2) is 36.5 Å². The van der Waals surface area contributed by atoms with E-state index in [1.807, 2.05) is 42.2 Å². The fraction of sp³-hybridized carbons (Fsp3) is 0.400. The predicted octanol–water partition coefficient (Wildman–Crippen LogP) is 2.88. The van der Waals surface area contributed by atoms with E-state index < -0.39 is 0 Å². The lowest BCUT2D eigenvalue weighted by molar-refractivity contribution is 0.0642. The predicted molar refractivity (Wildman–Crippen MR) is 101 cm³/mol. The molecular formula is C20H23N5O2. The fourth-order valence-electron chi connectivity index (χ4n) is 3.29. The highest BCUT2D eigenvalue weighted by molar-refractivity contribution is 5.91. The average molecular weight is 365 g/mol. The third kappa shape index (κ3) is 3.49. The Morgan fingerprint density at radius 3 is 2.67 bits per heavy atom. The van der Waals surface area contributed by atoms with Crippen molar-refractivity contribution >= 4 is 11.7 Å². The third-order valence-electron chi connectivity index (χ3n) is 5.19. The minimum absolute atomic E-state index is 0.139. The van der Waals surface area contributed by atoms with E-state index in [-0.39, 0.29) is 17.8 Å². The first-order valence-electron chi connectivity index (χ1n) is 9.19. The topological polar surface area (TPSA) is 72.6 Å². The highest BCUT2D eigenvalue weighted by Crippen LogP contribution is 2.36. The van der Waals surface area contributed by atoms with Gasteiger partial charge in [-0.3, -0.25) is 4.79 Å². The number of benzene rings is 1. The van der Waals surface area contributed by atoms with Gasteiger partial charge >= 0.3 is 0 Å². The van der Waals surface area contributed by atoms with Crippen molar-refractivity contribution < 1.29 is 9.53 Å². The molecule has 0 bridgehead atoms. The molecule has 2 heterocycles. The second kappa shape index (κ2) is 6.98. The number of hydrogen-bond acceptors (Lipinski definition) is 5. The standard InChI is InChI=1S/C20H23N5O2/c1-13-10-11-21-20-22-18(23-25(13)20)19(26)24(14(2)16-6-7-16)12-15-4-8-17(27-3)9-5-15/h4-5,8-11,14,16H,6-7,12H2,1-3H3. The van der Waals surface area contributed by atoms with Crippen molar-refractivity contribution in [3.05, 3.63) is 53.6 Å². The number of ether oxygens (including phenoxy) is 1. The monoisotopic (exact) mass is 365 g/mol. The SMILES string of the molecule is COc1ccc(CN(C(=O)c2nc3nccc(C)n3n2)C(C)C2CC2)cc1. The first-order chi connectivity index (χ1) is 13.1. The van der Waals surface area contributed by atoms with Crippen LogP contribution in [0.2, 0.25) is 0 Å². The molecule has 7 heteroatoms. The van der Waals surface area contributed by atoms with Gasteiger partial charge in [-0.25, -0.2) is 9.50 Å². The van der Waals surface area contributed by atoms with Gasteiger partial charge in [0.1, 0.15) is 5.75 Å². The van der Waals surface area contributed by atoms with Gasteiger partial charge in [-0.05, 0) is 56.4 Å². The van der Waals surface area contributed by atoms with Crippen molar-refractivity contribution in [2.45, 2.75) is 39.3 Å². The van der Waals surface area contributed by atoms with Gasteiger partial charge in [0, 0.05) is 24.5 Å². The zero-order valence-electron chi connectivity index (χ0n) is 15.8. The smallest absolute Gasteiger partial charge is 0.294 e. The number of fused-ring (bicyclic) bond motifs is 1. The Kier molecular flexibility index (Phi) is 4.51. The Balaban J connectivity index is 1.64. The quantitative estimate of drug-likeness (QED) is 0.672. The molecule has 1 aliphatic rings. The lowest BCUT2D eigenvalue weighted by Crippen LogP contribution is -2.40. The Labute approximate surface area is 158 Å². The minimum Gasteiger partial charge on any atom is -0.497 e. The van der Waals surface area contributed by atoms with Crippen LogP contribution in [-0.4, -0.2) is 43.5 Å². The first-order valence-corrected chi connectivity index (χ1v) is 9.19. The van der Waals surface area contributed by atoms with Crippen LogP contribution in [0.3, 0.4) is 0 Å². The number of rotatable bonds is 6. The number of nitrogens with zero attached hydrogens (tertiary/aromatic N) is 5. The van der Waals surface area contributed by atoms with E-state index in [0.29, 0.717) is 18.2 Å². The van der Waals surface area contributed by atoms with Crippen molar-refractivity contribution in [1.29, 1.82) is 0 Å². The summed E-state index contributed by atoms with van der Waals surface area (Å²) in [6.45, 7) is 4.54. The van der Waals surface area contributed by atoms with Crippen molar-refractivity contribution in [2.24, 2.45) is 5.92 Å². The van der Waals surface area contributed by atoms with Gasteiger partial charge in [-0.1, -0.05) is 12.1 Å². The normalized spacial score (nSPS) is 14.9. The van der Waals surface area contributed by atoms with Crippen LogP contribution in [0.5, 0.6) is 5.75 Å². The van der Waals surface area contributed by atoms with Gasteiger partial charge in [-0.2, -0.15) is 4.98 Å². The van der Waals surface area contributed by atoms with Gasteiger partial charge < -0.3 is 9.64 Å². The van der Waals surface area contributed by atoms with E-state index in [1.54, 1.807) is 17.8 Å². The lowest BCUT2D eigenvalue weighted by atomic mass is 10.1. The van der Waals surface area contributed by atoms with Crippen LogP contribution in [-0.2, 0) is 6.54 Å². The molecule has 0 N–H and O–H groups in total. The molecule has 1 unspecified atom stereocenters. The minimum atomic E-state index is -0.157. The maximum atomic E-state index is 13.3. The molecule has 0 radical (unpaired) electrons. The van der Waals surface area contributed by atoms with Gasteiger partial charge in [0.15, 0.2) is 0 Å². The van der Waals surface area contributed by atoms with Crippen LogP contribution in [0.4, 0.5) is 0 Å². The summed E-state index contributed by atoms with van der Waals surface area (Å²) in [4.78, 5) is 23.7. The zero-order chi connectivity index (χ0) is 19.0. The van der Waals surface area contributed by atoms with E-state index in [1.165, 1.54) is 0 Å². The number of carbonyl (C=O) groups excluding carboxylic acids is 1. The average Bonchev–Trinajstić information content (AvgIpc) is 3.44. The first kappa shape index (κ1) is 17.5. The summed E-state index contributed by atoms with van der Waals surface area (Å²) in [6, 6.07) is 9.79. The summed E-state index contributed by atoms with van der Waals surface area (Å²) >= 11 is 0. The third-order valence-corrected chi connectivity index (χ3v) is 5.19. The van der Waals surface area contributed by atoms with Gasteiger partial charge in [-0.15, -0.1) is 5.10 Å². The zero-order valence-corrected chi connectivity index (χ0v) is 15.8. The number of amides is 1. The Morgan fingerprint density at radius 1 is 1.30 bits per heavy atom. The molecular weight excluding hydrogens is 342 g/mol. The highest BCUT2D eigenvalue weighted by atomic mass is 16.5. The molecule has 0 spiro atoms. The molecule has 1 aromatic carbocycles. The second-order valence-electron chi connectivity index (χ2n) is 7.09. The van der Waals surface area contributed by atoms with Crippen molar-refractivity contribution in [1.82, 2.24) is 24.5 Å². The van der Waals surface area contributed by atoms with E-state index in [4.69, 9.17) is 4.74 Å². The van der Waals surface area contributed by atoms with Crippen LogP contribution < -0.4 is 4.74 Å². The lowest BCUT2D eigenvalue weighted by Gasteiger charge is -2.28. The summed E-state index contributed by atoms with van der Waals surface area (Å²) in [7, 11) is 1.64. The van der Waals surface area contributed by atoms with Crippen LogP contribution >= 0.6 is 0 Å². The summed E-state index contributed by atoms with van der Waals surface area (Å²) in [6.07, 6.45) is 4.00. The largest absolute Gasteiger partial charge is 0.497 e. The molecule has 1 aliphatic carbocycles. The molecule has 27 heavy (non-hydrogen) atoms. The molecule has 1 saturated carbocycles. The molecule has 1 amide bonds. The van der Waals surface area contributed by atoms with Gasteiger partial charge in [0.2, 0.25) is 5.82 Å². The number of hydrogen-bond donors (Lipinski definition) is 0. The summed E-state index contributed by atoms with van der Waals surface area (Å²) in [5, 5.41) is 4.40. The maximum absolute atomic E-state index is 13.3. The van der Waals surface area contributed by atoms with Crippen LogP contribution in [0.1, 0.15) is 41.6 Å². The number of methoxy groups -OCH3 is 1. The van der Waals surface area contributed by atoms with Crippen LogP contribution in [0.25, 0.3) is 5.78 Å². The number of aryl methyl sites for hydroxylation is 1. The Morgan fingerprint density at radius 2 is 2.04 bits per heavy atom. The maximum Gasteiger partial charge on any atom is 0.294 e. The molecule has 1 fully saturated rings. The number of aromatic nitrogens is 4. The van der Waals surface area contributed by atoms with Gasteiger partial charge in [0.05, 0.1) is 7.11 Å². The molecule has 4 rings (SSSR count). The second-order valence-corrected chi connectivity index (χ2v) is 7.09. The van der Waals surface area contributed by atoms with Gasteiger partial charge in [0.25, 0.3) is 11.7 Å². The molecule has 0 aliphatic heterocycles. The van der Waals surface area contributed by atoms with Crippen molar-refractivity contribution in [2.75, 3.05) is 7.11 Å². The van der Waals surface area contributed by atoms with Crippen molar-refractivity contribution in [3.8, 4) is 5.75 Å². The Bertz CT molecular complexity index is 962. The van der Waals surface area contributed by atoms with E-state index in [0.717, 1.165) is 29.8 Å². The summed E-state index contributed by atoms with van der Waals surface area (Å²) in [5.74, 6) is 1.83.